The number of hydrogen-bond donors (Lipinski definition) is 1. The second-order valence-electron chi connectivity index (χ2n) is 3.67. The molecule has 6 heteroatoms. The van der Waals surface area contributed by atoms with Gasteiger partial charge in [-0.25, -0.2) is 9.97 Å². The van der Waals surface area contributed by atoms with Crippen LogP contribution in [0.25, 0.3) is 11.2 Å². The van der Waals surface area contributed by atoms with E-state index in [9.17, 15) is 0 Å². The lowest BCUT2D eigenvalue weighted by Crippen LogP contribution is -1.89. The molecule has 2 heterocycles. The van der Waals surface area contributed by atoms with E-state index in [4.69, 9.17) is 11.6 Å². The predicted molar refractivity (Wildman–Crippen MR) is 72.7 cm³/mol. The van der Waals surface area contributed by atoms with E-state index in [2.05, 4.69) is 32.1 Å². The van der Waals surface area contributed by atoms with Gasteiger partial charge < -0.3 is 4.98 Å². The van der Waals surface area contributed by atoms with E-state index >= 15 is 0 Å². The maximum absolute atomic E-state index is 5.87. The van der Waals surface area contributed by atoms with Gasteiger partial charge in [0.15, 0.2) is 5.65 Å². The molecule has 0 saturated heterocycles. The number of aromatic nitrogens is 4. The molecule has 1 N–H and O–H groups in total. The van der Waals surface area contributed by atoms with Gasteiger partial charge in [-0.05, 0) is 17.2 Å². The first-order chi connectivity index (χ1) is 8.83. The van der Waals surface area contributed by atoms with Crippen molar-refractivity contribution in [3.8, 4) is 0 Å². The fraction of sp³-hybridized carbons (Fsp3) is 0.0833. The van der Waals surface area contributed by atoms with Crippen molar-refractivity contribution in [2.45, 2.75) is 10.8 Å². The van der Waals surface area contributed by atoms with E-state index < -0.39 is 0 Å². The van der Waals surface area contributed by atoms with Crippen LogP contribution in [0.5, 0.6) is 0 Å². The average molecular weight is 277 g/mol. The van der Waals surface area contributed by atoms with Crippen molar-refractivity contribution in [2.75, 3.05) is 0 Å². The standard InChI is InChI=1S/C12H9ClN4S/c13-12-16-10-9(14-7-15-10)11(17-12)18-6-8-4-2-1-3-5-8/h1-5,7H,6H2,(H,14,15,16,17). The molecule has 0 bridgehead atoms. The molecule has 18 heavy (non-hydrogen) atoms. The zero-order chi connectivity index (χ0) is 12.4. The molecule has 3 rings (SSSR count). The smallest absolute Gasteiger partial charge is 0.225 e. The van der Waals surface area contributed by atoms with Crippen LogP contribution in [0.2, 0.25) is 5.28 Å². The highest BCUT2D eigenvalue weighted by atomic mass is 35.5. The SMILES string of the molecule is Clc1nc(SCc2ccccc2)c2[nH]cnc2n1. The number of nitrogens with one attached hydrogen (secondary N) is 1. The summed E-state index contributed by atoms with van der Waals surface area (Å²) in [6.45, 7) is 0. The molecule has 0 fully saturated rings. The molecule has 2 aromatic heterocycles. The van der Waals surface area contributed by atoms with Crippen molar-refractivity contribution >= 4 is 34.5 Å². The lowest BCUT2D eigenvalue weighted by Gasteiger charge is -2.02. The van der Waals surface area contributed by atoms with Crippen molar-refractivity contribution < 1.29 is 0 Å². The molecule has 0 radical (unpaired) electrons. The van der Waals surface area contributed by atoms with Crippen LogP contribution < -0.4 is 0 Å². The van der Waals surface area contributed by atoms with Crippen LogP contribution in [0.4, 0.5) is 0 Å². The van der Waals surface area contributed by atoms with E-state index in [0.29, 0.717) is 5.65 Å². The molecular weight excluding hydrogens is 268 g/mol. The zero-order valence-corrected chi connectivity index (χ0v) is 10.9. The second-order valence-corrected chi connectivity index (χ2v) is 4.98. The Hall–Kier alpha value is -1.59. The summed E-state index contributed by atoms with van der Waals surface area (Å²) in [7, 11) is 0. The number of thioether (sulfide) groups is 1. The number of hydrogen-bond acceptors (Lipinski definition) is 4. The molecule has 0 saturated carbocycles. The molecule has 3 aromatic rings. The topological polar surface area (TPSA) is 54.5 Å². The molecule has 90 valence electrons. The number of H-pyrrole nitrogens is 1. The lowest BCUT2D eigenvalue weighted by atomic mass is 10.2. The third-order valence-corrected chi connectivity index (χ3v) is 3.66. The Bertz CT molecular complexity index is 668. The van der Waals surface area contributed by atoms with Gasteiger partial charge in [-0.15, -0.1) is 0 Å². The number of nitrogens with zero attached hydrogens (tertiary/aromatic N) is 3. The highest BCUT2D eigenvalue weighted by molar-refractivity contribution is 7.98. The van der Waals surface area contributed by atoms with E-state index in [1.165, 1.54) is 5.56 Å². The number of fused-ring (bicyclic) bond motifs is 1. The summed E-state index contributed by atoms with van der Waals surface area (Å²) in [5.74, 6) is 0.836. The second kappa shape index (κ2) is 4.96. The number of aromatic amines is 1. The Morgan fingerprint density at radius 1 is 1.17 bits per heavy atom. The molecule has 0 aliphatic rings. The van der Waals surface area contributed by atoms with Gasteiger partial charge in [-0.2, -0.15) is 4.98 Å². The Morgan fingerprint density at radius 3 is 2.83 bits per heavy atom. The van der Waals surface area contributed by atoms with Crippen molar-refractivity contribution in [1.29, 1.82) is 0 Å². The minimum absolute atomic E-state index is 0.227. The van der Waals surface area contributed by atoms with Crippen LogP contribution in [0.1, 0.15) is 5.56 Å². The highest BCUT2D eigenvalue weighted by Gasteiger charge is 2.09. The van der Waals surface area contributed by atoms with E-state index in [1.807, 2.05) is 18.2 Å². The molecule has 0 atom stereocenters. The van der Waals surface area contributed by atoms with E-state index in [-0.39, 0.29) is 5.28 Å². The normalized spacial score (nSPS) is 10.9. The lowest BCUT2D eigenvalue weighted by molar-refractivity contribution is 1.08. The van der Waals surface area contributed by atoms with Crippen LogP contribution >= 0.6 is 23.4 Å². The number of halogens is 1. The Balaban J connectivity index is 1.88. The first kappa shape index (κ1) is 11.5. The predicted octanol–water partition coefficient (Wildman–Crippen LogP) is 3.30. The van der Waals surface area contributed by atoms with Gasteiger partial charge in [-0.3, -0.25) is 0 Å². The summed E-state index contributed by atoms with van der Waals surface area (Å²) < 4.78 is 0. The van der Waals surface area contributed by atoms with Crippen molar-refractivity contribution in [3.63, 3.8) is 0 Å². The largest absolute Gasteiger partial charge is 0.341 e. The Morgan fingerprint density at radius 2 is 2.00 bits per heavy atom. The van der Waals surface area contributed by atoms with Gasteiger partial charge in [0.05, 0.1) is 6.33 Å². The Labute approximate surface area is 113 Å². The van der Waals surface area contributed by atoms with Crippen molar-refractivity contribution in [1.82, 2.24) is 19.9 Å². The highest BCUT2D eigenvalue weighted by Crippen LogP contribution is 2.27. The molecule has 0 aliphatic heterocycles. The van der Waals surface area contributed by atoms with Gasteiger partial charge in [0.25, 0.3) is 0 Å². The van der Waals surface area contributed by atoms with Gasteiger partial charge in [0, 0.05) is 5.75 Å². The molecule has 0 unspecified atom stereocenters. The Kier molecular flexibility index (Phi) is 3.17. The first-order valence-corrected chi connectivity index (χ1v) is 6.72. The monoisotopic (exact) mass is 276 g/mol. The third kappa shape index (κ3) is 2.32. The van der Waals surface area contributed by atoms with Crippen molar-refractivity contribution in [2.24, 2.45) is 0 Å². The summed E-state index contributed by atoms with van der Waals surface area (Å²) >= 11 is 7.49. The van der Waals surface area contributed by atoms with Crippen LogP contribution in [-0.2, 0) is 5.75 Å². The van der Waals surface area contributed by atoms with Crippen LogP contribution in [0.15, 0.2) is 41.7 Å². The molecular formula is C12H9ClN4S. The summed E-state index contributed by atoms with van der Waals surface area (Å²) in [6, 6.07) is 10.2. The van der Waals surface area contributed by atoms with Gasteiger partial charge in [0.2, 0.25) is 5.28 Å². The van der Waals surface area contributed by atoms with Crippen LogP contribution in [0, 0.1) is 0 Å². The zero-order valence-electron chi connectivity index (χ0n) is 9.30. The minimum Gasteiger partial charge on any atom is -0.341 e. The minimum atomic E-state index is 0.227. The fourth-order valence-electron chi connectivity index (χ4n) is 1.61. The van der Waals surface area contributed by atoms with Crippen molar-refractivity contribution in [3.05, 3.63) is 47.5 Å². The number of rotatable bonds is 3. The van der Waals surface area contributed by atoms with Gasteiger partial charge in [-0.1, -0.05) is 42.1 Å². The first-order valence-electron chi connectivity index (χ1n) is 5.36. The number of imidazole rings is 1. The van der Waals surface area contributed by atoms with Gasteiger partial charge in [0.1, 0.15) is 10.5 Å². The maximum Gasteiger partial charge on any atom is 0.225 e. The molecule has 0 spiro atoms. The van der Waals surface area contributed by atoms with Crippen LogP contribution in [0.3, 0.4) is 0 Å². The van der Waals surface area contributed by atoms with E-state index in [1.54, 1.807) is 18.1 Å². The summed E-state index contributed by atoms with van der Waals surface area (Å²) in [6.07, 6.45) is 1.60. The molecule has 0 aliphatic carbocycles. The molecule has 0 amide bonds. The summed E-state index contributed by atoms with van der Waals surface area (Å²) in [5, 5.41) is 1.05. The van der Waals surface area contributed by atoms with Gasteiger partial charge >= 0.3 is 0 Å². The molecule has 1 aromatic carbocycles. The summed E-state index contributed by atoms with van der Waals surface area (Å²) in [5.41, 5.74) is 2.68. The number of benzene rings is 1. The quantitative estimate of drug-likeness (QED) is 0.453. The maximum atomic E-state index is 5.87. The molecule has 4 nitrogen and oxygen atoms in total. The fourth-order valence-corrected chi connectivity index (χ4v) is 2.77. The average Bonchev–Trinajstić information content (AvgIpc) is 2.85. The summed E-state index contributed by atoms with van der Waals surface area (Å²) in [4.78, 5) is 15.4. The third-order valence-electron chi connectivity index (χ3n) is 2.44. The van der Waals surface area contributed by atoms with E-state index in [0.717, 1.165) is 16.3 Å². The van der Waals surface area contributed by atoms with Crippen LogP contribution in [-0.4, -0.2) is 19.9 Å².